The Labute approximate surface area is 175 Å². The number of carbonyl (C=O) groups excluding carboxylic acids is 3. The summed E-state index contributed by atoms with van der Waals surface area (Å²) in [6.07, 6.45) is 0. The highest BCUT2D eigenvalue weighted by atomic mass is 16.5. The first-order chi connectivity index (χ1) is 14.2. The summed E-state index contributed by atoms with van der Waals surface area (Å²) in [7, 11) is 1.25. The minimum atomic E-state index is -1.29. The quantitative estimate of drug-likeness (QED) is 0.575. The van der Waals surface area contributed by atoms with Crippen LogP contribution >= 0.6 is 0 Å². The van der Waals surface area contributed by atoms with Crippen molar-refractivity contribution in [1.82, 2.24) is 10.6 Å². The van der Waals surface area contributed by atoms with Crippen LogP contribution in [0.4, 0.5) is 10.5 Å². The summed E-state index contributed by atoms with van der Waals surface area (Å²) in [5.41, 5.74) is 1.27. The van der Waals surface area contributed by atoms with E-state index < -0.39 is 23.4 Å². The molecule has 2 aromatic carbocycles. The Morgan fingerprint density at radius 1 is 1.03 bits per heavy atom. The molecular weight excluding hydrogens is 386 g/mol. The Bertz CT molecular complexity index is 901. The molecule has 2 aromatic rings. The molecule has 0 spiro atoms. The topological polar surface area (TPSA) is 106 Å². The number of ether oxygens (including phenoxy) is 2. The molecule has 0 bridgehead atoms. The van der Waals surface area contributed by atoms with Crippen molar-refractivity contribution in [3.8, 4) is 5.75 Å². The Hall–Kier alpha value is -3.39. The summed E-state index contributed by atoms with van der Waals surface area (Å²) in [5.74, 6) is -0.621. The molecule has 0 saturated heterocycles. The Kier molecular flexibility index (Phi) is 7.94. The Balaban J connectivity index is 1.91. The number of imide groups is 1. The molecule has 0 fully saturated rings. The van der Waals surface area contributed by atoms with Crippen LogP contribution in [0.1, 0.15) is 18.1 Å². The van der Waals surface area contributed by atoms with E-state index >= 15 is 0 Å². The fraction of sp³-hybridized carbons (Fsp3) is 0.318. The number of aryl methyl sites for hydroxylation is 2. The number of methoxy groups -OCH3 is 1. The van der Waals surface area contributed by atoms with Gasteiger partial charge in [-0.15, -0.1) is 0 Å². The van der Waals surface area contributed by atoms with E-state index in [2.05, 4.69) is 16.0 Å². The zero-order chi connectivity index (χ0) is 22.1. The van der Waals surface area contributed by atoms with E-state index in [4.69, 9.17) is 9.47 Å². The van der Waals surface area contributed by atoms with Crippen LogP contribution in [-0.4, -0.2) is 43.7 Å². The molecule has 0 aliphatic carbocycles. The standard InChI is InChI=1S/C22H27N3O5/c1-15-10-11-18(16(2)12-15)24-21(28)25-19(26)13-23-22(3,20(27)29-4)14-30-17-8-6-5-7-9-17/h5-12,23H,13-14H2,1-4H3,(H2,24,25,26,28). The third-order valence-corrected chi connectivity index (χ3v) is 4.43. The molecular formula is C22H27N3O5. The first kappa shape index (κ1) is 22.9. The first-order valence-corrected chi connectivity index (χ1v) is 9.43. The summed E-state index contributed by atoms with van der Waals surface area (Å²) in [5, 5.41) is 7.67. The van der Waals surface area contributed by atoms with Crippen LogP contribution < -0.4 is 20.7 Å². The molecule has 0 heterocycles. The number of amides is 3. The van der Waals surface area contributed by atoms with Gasteiger partial charge in [0, 0.05) is 5.69 Å². The van der Waals surface area contributed by atoms with Crippen LogP contribution in [0.5, 0.6) is 5.75 Å². The molecule has 8 nitrogen and oxygen atoms in total. The molecule has 30 heavy (non-hydrogen) atoms. The lowest BCUT2D eigenvalue weighted by atomic mass is 10.0. The summed E-state index contributed by atoms with van der Waals surface area (Å²) >= 11 is 0. The molecule has 0 radical (unpaired) electrons. The van der Waals surface area contributed by atoms with Crippen molar-refractivity contribution in [3.63, 3.8) is 0 Å². The number of hydrogen-bond donors (Lipinski definition) is 3. The summed E-state index contributed by atoms with van der Waals surface area (Å²) in [6, 6.07) is 13.9. The van der Waals surface area contributed by atoms with Crippen molar-refractivity contribution < 1.29 is 23.9 Å². The van der Waals surface area contributed by atoms with Gasteiger partial charge in [0.05, 0.1) is 13.7 Å². The van der Waals surface area contributed by atoms with E-state index in [9.17, 15) is 14.4 Å². The molecule has 160 valence electrons. The van der Waals surface area contributed by atoms with Gasteiger partial charge in [-0.1, -0.05) is 35.9 Å². The minimum Gasteiger partial charge on any atom is -0.491 e. The van der Waals surface area contributed by atoms with Gasteiger partial charge >= 0.3 is 12.0 Å². The van der Waals surface area contributed by atoms with Crippen LogP contribution in [0.15, 0.2) is 48.5 Å². The van der Waals surface area contributed by atoms with Gasteiger partial charge in [0.1, 0.15) is 17.9 Å². The number of urea groups is 1. The fourth-order valence-corrected chi connectivity index (χ4v) is 2.71. The first-order valence-electron chi connectivity index (χ1n) is 9.43. The highest BCUT2D eigenvalue weighted by molar-refractivity contribution is 6.02. The van der Waals surface area contributed by atoms with E-state index in [0.717, 1.165) is 11.1 Å². The zero-order valence-electron chi connectivity index (χ0n) is 17.6. The van der Waals surface area contributed by atoms with Crippen molar-refractivity contribution in [3.05, 3.63) is 59.7 Å². The molecule has 2 rings (SSSR count). The number of rotatable bonds is 8. The van der Waals surface area contributed by atoms with Crippen molar-refractivity contribution in [1.29, 1.82) is 0 Å². The predicted molar refractivity (Wildman–Crippen MR) is 113 cm³/mol. The number of benzene rings is 2. The molecule has 3 N–H and O–H groups in total. The van der Waals surface area contributed by atoms with Crippen molar-refractivity contribution in [2.75, 3.05) is 25.6 Å². The lowest BCUT2D eigenvalue weighted by molar-refractivity contribution is -0.149. The van der Waals surface area contributed by atoms with Crippen molar-refractivity contribution in [2.24, 2.45) is 0 Å². The monoisotopic (exact) mass is 413 g/mol. The number of nitrogens with one attached hydrogen (secondary N) is 3. The van der Waals surface area contributed by atoms with Gasteiger partial charge in [-0.25, -0.2) is 9.59 Å². The van der Waals surface area contributed by atoms with E-state index in [0.29, 0.717) is 11.4 Å². The Morgan fingerprint density at radius 2 is 1.73 bits per heavy atom. The highest BCUT2D eigenvalue weighted by Crippen LogP contribution is 2.16. The molecule has 0 aliphatic rings. The van der Waals surface area contributed by atoms with Gasteiger partial charge in [0.15, 0.2) is 0 Å². The summed E-state index contributed by atoms with van der Waals surface area (Å²) < 4.78 is 10.5. The largest absolute Gasteiger partial charge is 0.491 e. The lowest BCUT2D eigenvalue weighted by Gasteiger charge is -2.27. The average molecular weight is 413 g/mol. The summed E-state index contributed by atoms with van der Waals surface area (Å²) in [6.45, 7) is 5.02. The van der Waals surface area contributed by atoms with Gasteiger partial charge in [0.2, 0.25) is 5.91 Å². The maximum Gasteiger partial charge on any atom is 0.329 e. The van der Waals surface area contributed by atoms with Gasteiger partial charge in [-0.3, -0.25) is 15.4 Å². The number of anilines is 1. The highest BCUT2D eigenvalue weighted by Gasteiger charge is 2.36. The van der Waals surface area contributed by atoms with E-state index in [1.165, 1.54) is 7.11 Å². The van der Waals surface area contributed by atoms with E-state index in [-0.39, 0.29) is 13.2 Å². The van der Waals surface area contributed by atoms with Crippen LogP contribution in [0.25, 0.3) is 0 Å². The van der Waals surface area contributed by atoms with E-state index in [1.54, 1.807) is 37.3 Å². The molecule has 0 aliphatic heterocycles. The van der Waals surface area contributed by atoms with Crippen LogP contribution in [0, 0.1) is 13.8 Å². The average Bonchev–Trinajstić information content (AvgIpc) is 2.73. The third-order valence-electron chi connectivity index (χ3n) is 4.43. The smallest absolute Gasteiger partial charge is 0.329 e. The molecule has 8 heteroatoms. The van der Waals surface area contributed by atoms with Gasteiger partial charge in [-0.2, -0.15) is 0 Å². The van der Waals surface area contributed by atoms with Crippen LogP contribution in [0.2, 0.25) is 0 Å². The zero-order valence-corrected chi connectivity index (χ0v) is 17.6. The normalized spacial score (nSPS) is 12.4. The molecule has 3 amide bonds. The maximum absolute atomic E-state index is 12.2. The SMILES string of the molecule is COC(=O)C(C)(COc1ccccc1)NCC(=O)NC(=O)Nc1ccc(C)cc1C. The molecule has 0 saturated carbocycles. The third kappa shape index (κ3) is 6.59. The molecule has 1 atom stereocenters. The Morgan fingerprint density at radius 3 is 2.37 bits per heavy atom. The second kappa shape index (κ2) is 10.4. The minimum absolute atomic E-state index is 0.0638. The van der Waals surface area contributed by atoms with Crippen molar-refractivity contribution in [2.45, 2.75) is 26.3 Å². The van der Waals surface area contributed by atoms with Crippen LogP contribution in [0.3, 0.4) is 0 Å². The van der Waals surface area contributed by atoms with Gasteiger partial charge < -0.3 is 14.8 Å². The second-order valence-electron chi connectivity index (χ2n) is 7.10. The second-order valence-corrected chi connectivity index (χ2v) is 7.10. The molecule has 1 unspecified atom stereocenters. The number of esters is 1. The predicted octanol–water partition coefficient (Wildman–Crippen LogP) is 2.55. The number of carbonyl (C=O) groups is 3. The fourth-order valence-electron chi connectivity index (χ4n) is 2.71. The maximum atomic E-state index is 12.2. The number of hydrogen-bond acceptors (Lipinski definition) is 6. The number of para-hydroxylation sites is 1. The van der Waals surface area contributed by atoms with Gasteiger partial charge in [0.25, 0.3) is 0 Å². The van der Waals surface area contributed by atoms with E-state index in [1.807, 2.05) is 32.0 Å². The van der Waals surface area contributed by atoms with Gasteiger partial charge in [-0.05, 0) is 44.5 Å². The van der Waals surface area contributed by atoms with Crippen LogP contribution in [-0.2, 0) is 14.3 Å². The summed E-state index contributed by atoms with van der Waals surface area (Å²) in [4.78, 5) is 36.5. The lowest BCUT2D eigenvalue weighted by Crippen LogP contribution is -2.57. The van der Waals surface area contributed by atoms with Crippen molar-refractivity contribution >= 4 is 23.6 Å². The molecule has 0 aromatic heterocycles.